The van der Waals surface area contributed by atoms with Gasteiger partial charge < -0.3 is 10.4 Å². The topological polar surface area (TPSA) is 39.0 Å². The molecule has 0 aliphatic heterocycles. The number of nitrogens with one attached hydrogen (secondary N) is 1. The number of aryl methyl sites for hydroxylation is 3. The summed E-state index contributed by atoms with van der Waals surface area (Å²) in [5, 5.41) is 18.3. The van der Waals surface area contributed by atoms with Crippen molar-refractivity contribution >= 4 is 45.7 Å². The summed E-state index contributed by atoms with van der Waals surface area (Å²) in [6.07, 6.45) is 3.76. The van der Waals surface area contributed by atoms with Gasteiger partial charge in [-0.15, -0.1) is 11.3 Å². The Balaban J connectivity index is 2.06. The first-order valence-corrected chi connectivity index (χ1v) is 9.56. The van der Waals surface area contributed by atoms with E-state index in [1.54, 1.807) is 4.57 Å². The molecule has 3 nitrogen and oxygen atoms in total. The molecule has 0 aliphatic rings. The molecule has 26 heavy (non-hydrogen) atoms. The number of thiophene rings is 1. The number of pyridine rings is 1. The Hall–Kier alpha value is -2.50. The van der Waals surface area contributed by atoms with Crippen molar-refractivity contribution in [2.24, 2.45) is 0 Å². The molecule has 0 unspecified atom stereocenters. The van der Waals surface area contributed by atoms with Crippen LogP contribution in [0.3, 0.4) is 0 Å². The standard InChI is InChI=1S/C21H20N2OS2/c1-14-8-9-17(16(3)12-14)22-21(25)19(20(24)18-7-5-11-26-18)23-10-4-6-15(2)13-23/h4-13H,1-3H3,(H-,22,24,25). The molecular weight excluding hydrogens is 360 g/mol. The minimum atomic E-state index is -0.0853. The molecule has 0 saturated heterocycles. The Labute approximate surface area is 163 Å². The lowest BCUT2D eigenvalue weighted by molar-refractivity contribution is -0.578. The number of nitrogens with zero attached hydrogens (tertiary/aromatic N) is 1. The van der Waals surface area contributed by atoms with Crippen LogP contribution >= 0.6 is 23.6 Å². The van der Waals surface area contributed by atoms with E-state index in [9.17, 15) is 5.11 Å². The van der Waals surface area contributed by atoms with Gasteiger partial charge >= 0.3 is 0 Å². The van der Waals surface area contributed by atoms with Crippen LogP contribution in [0.2, 0.25) is 0 Å². The van der Waals surface area contributed by atoms with Crippen molar-refractivity contribution in [3.8, 4) is 0 Å². The average Bonchev–Trinajstić information content (AvgIpc) is 3.12. The van der Waals surface area contributed by atoms with Gasteiger partial charge in [-0.05, 0) is 55.7 Å². The molecule has 1 aromatic carbocycles. The molecule has 2 aromatic heterocycles. The minimum absolute atomic E-state index is 0.0853. The van der Waals surface area contributed by atoms with Crippen molar-refractivity contribution in [2.45, 2.75) is 20.8 Å². The number of hydrogen-bond acceptors (Lipinski definition) is 3. The molecule has 1 N–H and O–H groups in total. The Morgan fingerprint density at radius 1 is 1.08 bits per heavy atom. The lowest BCUT2D eigenvalue weighted by atomic mass is 10.1. The number of aromatic nitrogens is 1. The van der Waals surface area contributed by atoms with E-state index in [4.69, 9.17) is 12.2 Å². The zero-order valence-electron chi connectivity index (χ0n) is 14.9. The van der Waals surface area contributed by atoms with Crippen molar-refractivity contribution in [3.63, 3.8) is 0 Å². The van der Waals surface area contributed by atoms with Crippen LogP contribution in [-0.2, 0) is 0 Å². The molecule has 0 aliphatic carbocycles. The second kappa shape index (κ2) is 7.81. The smallest absolute Gasteiger partial charge is 0.239 e. The third-order valence-corrected chi connectivity index (χ3v) is 5.18. The average molecular weight is 381 g/mol. The molecule has 0 bridgehead atoms. The Morgan fingerprint density at radius 3 is 2.54 bits per heavy atom. The van der Waals surface area contributed by atoms with E-state index in [-0.39, 0.29) is 5.76 Å². The van der Waals surface area contributed by atoms with E-state index in [2.05, 4.69) is 18.3 Å². The Bertz CT molecular complexity index is 975. The third kappa shape index (κ3) is 4.00. The van der Waals surface area contributed by atoms with E-state index in [1.807, 2.05) is 68.0 Å². The van der Waals surface area contributed by atoms with E-state index in [1.165, 1.54) is 16.9 Å². The summed E-state index contributed by atoms with van der Waals surface area (Å²) in [6, 6.07) is 13.7. The van der Waals surface area contributed by atoms with Gasteiger partial charge in [0.2, 0.25) is 5.70 Å². The number of thiocarbonyl (C=S) groups is 1. The largest absolute Gasteiger partial charge is 0.867 e. The number of hydrogen-bond donors (Lipinski definition) is 1. The number of anilines is 1. The molecule has 0 amide bonds. The van der Waals surface area contributed by atoms with Crippen LogP contribution in [0.4, 0.5) is 5.69 Å². The zero-order chi connectivity index (χ0) is 18.7. The van der Waals surface area contributed by atoms with E-state index in [0.717, 1.165) is 16.8 Å². The van der Waals surface area contributed by atoms with Crippen molar-refractivity contribution in [1.82, 2.24) is 0 Å². The molecule has 3 rings (SSSR count). The van der Waals surface area contributed by atoms with Crippen LogP contribution in [0, 0.1) is 20.8 Å². The van der Waals surface area contributed by atoms with Crippen LogP contribution in [0.25, 0.3) is 11.5 Å². The lowest BCUT2D eigenvalue weighted by Crippen LogP contribution is -2.40. The molecule has 0 spiro atoms. The number of benzene rings is 1. The second-order valence-corrected chi connectivity index (χ2v) is 7.57. The van der Waals surface area contributed by atoms with E-state index >= 15 is 0 Å². The van der Waals surface area contributed by atoms with Gasteiger partial charge in [-0.2, -0.15) is 4.57 Å². The third-order valence-electron chi connectivity index (χ3n) is 4.01. The van der Waals surface area contributed by atoms with Gasteiger partial charge in [0, 0.05) is 22.2 Å². The monoisotopic (exact) mass is 380 g/mol. The fourth-order valence-corrected chi connectivity index (χ4v) is 3.70. The molecule has 3 aromatic rings. The first-order valence-electron chi connectivity index (χ1n) is 8.28. The Morgan fingerprint density at radius 2 is 1.88 bits per heavy atom. The maximum absolute atomic E-state index is 13.1. The lowest BCUT2D eigenvalue weighted by Gasteiger charge is -2.16. The predicted octanol–water partition coefficient (Wildman–Crippen LogP) is 4.09. The zero-order valence-corrected chi connectivity index (χ0v) is 16.6. The maximum atomic E-state index is 13.1. The minimum Gasteiger partial charge on any atom is -0.867 e. The van der Waals surface area contributed by atoms with Crippen molar-refractivity contribution in [2.75, 3.05) is 5.32 Å². The van der Waals surface area contributed by atoms with Crippen molar-refractivity contribution < 1.29 is 9.67 Å². The normalized spacial score (nSPS) is 11.8. The van der Waals surface area contributed by atoms with Crippen LogP contribution in [0.15, 0.2) is 60.2 Å². The summed E-state index contributed by atoms with van der Waals surface area (Å²) in [7, 11) is 0. The first kappa shape index (κ1) is 18.3. The molecule has 5 heteroatoms. The second-order valence-electron chi connectivity index (χ2n) is 6.22. The fraction of sp³-hybridized carbons (Fsp3) is 0.143. The molecular formula is C21H20N2OS2. The maximum Gasteiger partial charge on any atom is 0.239 e. The highest BCUT2D eigenvalue weighted by Gasteiger charge is 2.20. The Kier molecular flexibility index (Phi) is 5.49. The summed E-state index contributed by atoms with van der Waals surface area (Å²) in [5.74, 6) is -0.0853. The summed E-state index contributed by atoms with van der Waals surface area (Å²) >= 11 is 7.06. The van der Waals surface area contributed by atoms with Gasteiger partial charge in [0.15, 0.2) is 17.4 Å². The van der Waals surface area contributed by atoms with Gasteiger partial charge in [0.05, 0.1) is 0 Å². The highest BCUT2D eigenvalue weighted by molar-refractivity contribution is 7.81. The quantitative estimate of drug-likeness (QED) is 0.321. The first-order chi connectivity index (χ1) is 12.5. The van der Waals surface area contributed by atoms with Gasteiger partial charge in [0.25, 0.3) is 0 Å². The molecule has 0 atom stereocenters. The SMILES string of the molecule is Cc1ccc(NC(=S)C(=C([O-])c2cccs2)[n+]2cccc(C)c2)c(C)c1. The summed E-state index contributed by atoms with van der Waals surface area (Å²) in [6.45, 7) is 6.07. The summed E-state index contributed by atoms with van der Waals surface area (Å²) in [5.41, 5.74) is 4.69. The van der Waals surface area contributed by atoms with Gasteiger partial charge in [-0.3, -0.25) is 0 Å². The molecule has 132 valence electrons. The highest BCUT2D eigenvalue weighted by atomic mass is 32.1. The fourth-order valence-electron chi connectivity index (χ4n) is 2.73. The highest BCUT2D eigenvalue weighted by Crippen LogP contribution is 2.22. The summed E-state index contributed by atoms with van der Waals surface area (Å²) in [4.78, 5) is 1.07. The number of rotatable bonds is 4. The van der Waals surface area contributed by atoms with Crippen LogP contribution in [-0.4, -0.2) is 4.99 Å². The molecule has 0 saturated carbocycles. The predicted molar refractivity (Wildman–Crippen MR) is 111 cm³/mol. The van der Waals surface area contributed by atoms with Crippen molar-refractivity contribution in [1.29, 1.82) is 0 Å². The van der Waals surface area contributed by atoms with Gasteiger partial charge in [-0.1, -0.05) is 36.0 Å². The van der Waals surface area contributed by atoms with Crippen LogP contribution < -0.4 is 15.0 Å². The van der Waals surface area contributed by atoms with Crippen LogP contribution in [0.1, 0.15) is 21.6 Å². The van der Waals surface area contributed by atoms with E-state index in [0.29, 0.717) is 15.6 Å². The van der Waals surface area contributed by atoms with Gasteiger partial charge in [-0.25, -0.2) is 0 Å². The van der Waals surface area contributed by atoms with Gasteiger partial charge in [0.1, 0.15) is 0 Å². The van der Waals surface area contributed by atoms with Crippen molar-refractivity contribution in [3.05, 3.63) is 81.8 Å². The molecule has 2 heterocycles. The summed E-state index contributed by atoms with van der Waals surface area (Å²) < 4.78 is 1.80. The van der Waals surface area contributed by atoms with Crippen LogP contribution in [0.5, 0.6) is 0 Å². The molecule has 0 fully saturated rings. The molecule has 0 radical (unpaired) electrons. The van der Waals surface area contributed by atoms with E-state index < -0.39 is 0 Å².